The van der Waals surface area contributed by atoms with Gasteiger partial charge in [-0.2, -0.15) is 0 Å². The Bertz CT molecular complexity index is 1250. The fourth-order valence-electron chi connectivity index (χ4n) is 6.04. The van der Waals surface area contributed by atoms with Crippen LogP contribution in [0.15, 0.2) is 72.9 Å². The van der Waals surface area contributed by atoms with Crippen molar-refractivity contribution in [3.8, 4) is 0 Å². The summed E-state index contributed by atoms with van der Waals surface area (Å²) in [6, 6.07) is 0. The molecule has 0 rings (SSSR count). The second-order valence-corrected chi connectivity index (χ2v) is 18.2. The monoisotopic (exact) mass is 863 g/mol. The first-order chi connectivity index (χ1) is 29.0. The van der Waals surface area contributed by atoms with E-state index in [1.807, 2.05) is 21.1 Å². The molecule has 1 N–H and O–H groups in total. The molecule has 0 saturated heterocycles. The molecule has 0 heterocycles. The van der Waals surface area contributed by atoms with Gasteiger partial charge in [0.25, 0.3) is 0 Å². The molecule has 2 unspecified atom stereocenters. The number of unbranched alkanes of at least 4 members (excludes halogenated alkanes) is 16. The van der Waals surface area contributed by atoms with E-state index in [2.05, 4.69) is 86.8 Å². The van der Waals surface area contributed by atoms with Crippen LogP contribution in [0.4, 0.5) is 0 Å². The predicted octanol–water partition coefficient (Wildman–Crippen LogP) is 13.8. The molecule has 0 aliphatic carbocycles. The molecule has 2 atom stereocenters. The summed E-state index contributed by atoms with van der Waals surface area (Å²) in [5.41, 5.74) is 0. The molecule has 60 heavy (non-hydrogen) atoms. The average Bonchev–Trinajstić information content (AvgIpc) is 3.20. The van der Waals surface area contributed by atoms with E-state index >= 15 is 0 Å². The molecule has 10 heteroatoms. The van der Waals surface area contributed by atoms with Crippen molar-refractivity contribution < 1.29 is 42.1 Å². The quantitative estimate of drug-likeness (QED) is 0.0212. The van der Waals surface area contributed by atoms with Crippen molar-refractivity contribution in [2.45, 2.75) is 187 Å². The Kier molecular flexibility index (Phi) is 40.0. The number of allylic oxidation sites excluding steroid dienone is 12. The van der Waals surface area contributed by atoms with Gasteiger partial charge in [-0.15, -0.1) is 0 Å². The van der Waals surface area contributed by atoms with Crippen molar-refractivity contribution in [1.29, 1.82) is 0 Å². The third-order valence-corrected chi connectivity index (χ3v) is 10.7. The Morgan fingerprint density at radius 2 is 0.950 bits per heavy atom. The molecule has 0 radical (unpaired) electrons. The molecule has 0 aliphatic rings. The molecule has 0 aromatic rings. The number of carbonyl (C=O) groups excluding carboxylic acids is 2. The molecule has 0 fully saturated rings. The number of hydrogen-bond acceptors (Lipinski definition) is 7. The van der Waals surface area contributed by atoms with E-state index in [9.17, 15) is 19.0 Å². The van der Waals surface area contributed by atoms with E-state index in [0.29, 0.717) is 17.4 Å². The highest BCUT2D eigenvalue weighted by molar-refractivity contribution is 7.47. The van der Waals surface area contributed by atoms with Gasteiger partial charge in [0.1, 0.15) is 19.8 Å². The number of esters is 2. The molecule has 9 nitrogen and oxygen atoms in total. The molecule has 0 aromatic heterocycles. The minimum atomic E-state index is -4.38. The van der Waals surface area contributed by atoms with Crippen molar-refractivity contribution in [1.82, 2.24) is 0 Å². The molecule has 0 saturated carbocycles. The van der Waals surface area contributed by atoms with Gasteiger partial charge < -0.3 is 18.9 Å². The average molecular weight is 863 g/mol. The van der Waals surface area contributed by atoms with Gasteiger partial charge in [-0.05, 0) is 77.0 Å². The molecular formula is C50H89NO8P+. The Balaban J connectivity index is 4.29. The van der Waals surface area contributed by atoms with E-state index in [-0.39, 0.29) is 32.0 Å². The Morgan fingerprint density at radius 1 is 0.533 bits per heavy atom. The first-order valence-corrected chi connectivity index (χ1v) is 25.2. The van der Waals surface area contributed by atoms with Crippen LogP contribution in [0.25, 0.3) is 0 Å². The summed E-state index contributed by atoms with van der Waals surface area (Å²) in [5, 5.41) is 0. The van der Waals surface area contributed by atoms with Crippen LogP contribution in [0, 0.1) is 0 Å². The van der Waals surface area contributed by atoms with Crippen LogP contribution in [0.2, 0.25) is 0 Å². The number of phosphoric ester groups is 1. The van der Waals surface area contributed by atoms with Crippen LogP contribution in [0.3, 0.4) is 0 Å². The minimum Gasteiger partial charge on any atom is -0.462 e. The molecule has 0 spiro atoms. The maximum atomic E-state index is 12.7. The van der Waals surface area contributed by atoms with Gasteiger partial charge in [0.05, 0.1) is 27.7 Å². The molecule has 0 aliphatic heterocycles. The number of phosphoric acid groups is 1. The zero-order valence-corrected chi connectivity index (χ0v) is 39.8. The molecular weight excluding hydrogens is 774 g/mol. The third-order valence-electron chi connectivity index (χ3n) is 9.70. The van der Waals surface area contributed by atoms with Gasteiger partial charge >= 0.3 is 19.8 Å². The van der Waals surface area contributed by atoms with E-state index in [0.717, 1.165) is 103 Å². The summed E-state index contributed by atoms with van der Waals surface area (Å²) < 4.78 is 34.3. The molecule has 0 bridgehead atoms. The maximum Gasteiger partial charge on any atom is 0.472 e. The van der Waals surface area contributed by atoms with Crippen LogP contribution >= 0.6 is 7.82 Å². The Morgan fingerprint density at radius 3 is 1.42 bits per heavy atom. The van der Waals surface area contributed by atoms with Crippen LogP contribution in [0.1, 0.15) is 181 Å². The highest BCUT2D eigenvalue weighted by Gasteiger charge is 2.27. The zero-order chi connectivity index (χ0) is 44.3. The molecule has 0 aromatic carbocycles. The number of quaternary nitrogens is 1. The van der Waals surface area contributed by atoms with Crippen LogP contribution < -0.4 is 0 Å². The van der Waals surface area contributed by atoms with Crippen molar-refractivity contribution in [3.63, 3.8) is 0 Å². The first-order valence-electron chi connectivity index (χ1n) is 23.7. The third kappa shape index (κ3) is 45.0. The number of likely N-dealkylation sites (N-methyl/N-ethyl adjacent to an activating group) is 1. The van der Waals surface area contributed by atoms with Crippen LogP contribution in [0.5, 0.6) is 0 Å². The number of hydrogen-bond donors (Lipinski definition) is 1. The summed E-state index contributed by atoms with van der Waals surface area (Å²) >= 11 is 0. The SMILES string of the molecule is CC/C=C\C/C=C\C/C=C\C/C=C\CCCCCCCCCCCCC(=O)OC(COC(=O)CCCCCCC/C=C\C/C=C\CCC)COP(=O)(O)OCC[N+](C)(C)C. The lowest BCUT2D eigenvalue weighted by Crippen LogP contribution is -2.37. The second kappa shape index (κ2) is 41.8. The summed E-state index contributed by atoms with van der Waals surface area (Å²) in [5.74, 6) is -0.824. The lowest BCUT2D eigenvalue weighted by molar-refractivity contribution is -0.870. The second-order valence-electron chi connectivity index (χ2n) is 16.8. The summed E-state index contributed by atoms with van der Waals surface area (Å²) in [4.78, 5) is 35.4. The lowest BCUT2D eigenvalue weighted by Gasteiger charge is -2.24. The molecule has 0 amide bonds. The smallest absolute Gasteiger partial charge is 0.462 e. The number of rotatable bonds is 42. The van der Waals surface area contributed by atoms with Crippen molar-refractivity contribution >= 4 is 19.8 Å². The zero-order valence-electron chi connectivity index (χ0n) is 38.9. The largest absolute Gasteiger partial charge is 0.472 e. The van der Waals surface area contributed by atoms with Gasteiger partial charge in [-0.25, -0.2) is 4.57 Å². The van der Waals surface area contributed by atoms with Gasteiger partial charge in [0, 0.05) is 12.8 Å². The molecule has 346 valence electrons. The predicted molar refractivity (Wildman–Crippen MR) is 252 cm³/mol. The van der Waals surface area contributed by atoms with Crippen molar-refractivity contribution in [3.05, 3.63) is 72.9 Å². The fraction of sp³-hybridized carbons (Fsp3) is 0.720. The fourth-order valence-corrected chi connectivity index (χ4v) is 6.78. The number of carbonyl (C=O) groups is 2. The van der Waals surface area contributed by atoms with E-state index in [4.69, 9.17) is 18.5 Å². The van der Waals surface area contributed by atoms with E-state index < -0.39 is 26.5 Å². The Hall–Kier alpha value is -2.55. The lowest BCUT2D eigenvalue weighted by atomic mass is 10.0. The van der Waals surface area contributed by atoms with Gasteiger partial charge in [-0.1, -0.05) is 164 Å². The van der Waals surface area contributed by atoms with Crippen LogP contribution in [-0.4, -0.2) is 74.9 Å². The van der Waals surface area contributed by atoms with Crippen molar-refractivity contribution in [2.75, 3.05) is 47.5 Å². The standard InChI is InChI=1S/C50H88NO8P/c1-6-8-10-12-14-16-18-20-21-22-23-24-25-26-27-28-29-31-33-35-37-39-41-43-50(53)59-48(47-58-60(54,55)57-45-44-51(3,4)5)46-56-49(52)42-40-38-36-34-32-30-19-17-15-13-11-9-7-2/h8,10-11,13-14,16-17,19-21,23-24,48H,6-7,9,12,15,18,22,25-47H2,1-5H3/p+1/b10-8-,13-11-,16-14-,19-17-,21-20-,24-23-. The Labute approximate surface area is 368 Å². The van der Waals surface area contributed by atoms with E-state index in [1.165, 1.54) is 44.9 Å². The van der Waals surface area contributed by atoms with E-state index in [1.54, 1.807) is 0 Å². The minimum absolute atomic E-state index is 0.0252. The van der Waals surface area contributed by atoms with Crippen LogP contribution in [-0.2, 0) is 32.7 Å². The van der Waals surface area contributed by atoms with Gasteiger partial charge in [0.15, 0.2) is 6.10 Å². The highest BCUT2D eigenvalue weighted by atomic mass is 31.2. The number of ether oxygens (including phenoxy) is 2. The summed E-state index contributed by atoms with van der Waals surface area (Å²) in [6.45, 7) is 4.22. The van der Waals surface area contributed by atoms with Crippen molar-refractivity contribution in [2.24, 2.45) is 0 Å². The highest BCUT2D eigenvalue weighted by Crippen LogP contribution is 2.43. The maximum absolute atomic E-state index is 12.7. The van der Waals surface area contributed by atoms with Gasteiger partial charge in [0.2, 0.25) is 0 Å². The summed E-state index contributed by atoms with van der Waals surface area (Å²) in [6.07, 6.45) is 52.4. The number of nitrogens with zero attached hydrogens (tertiary/aromatic N) is 1. The van der Waals surface area contributed by atoms with Gasteiger partial charge in [-0.3, -0.25) is 18.6 Å². The topological polar surface area (TPSA) is 108 Å². The first kappa shape index (κ1) is 57.4. The summed E-state index contributed by atoms with van der Waals surface area (Å²) in [7, 11) is 1.46. The normalized spacial score (nSPS) is 14.2.